The molecule has 15 heavy (non-hydrogen) atoms. The molecule has 4 nitrogen and oxygen atoms in total. The standard InChI is InChI=1S/C11H11N3O/c1-8-2-4-9(5-3-8)15-10-6-13-11(12)14-7-10/h2-7H,1H3,(H2,12,13,14). The molecule has 0 spiro atoms. The van der Waals surface area contributed by atoms with Crippen LogP contribution in [0.1, 0.15) is 5.56 Å². The van der Waals surface area contributed by atoms with Crippen molar-refractivity contribution in [3.05, 3.63) is 42.2 Å². The van der Waals surface area contributed by atoms with Crippen LogP contribution in [0.4, 0.5) is 5.95 Å². The Bertz CT molecular complexity index is 393. The monoisotopic (exact) mass is 201 g/mol. The number of nitrogens with two attached hydrogens (primary N) is 1. The van der Waals surface area contributed by atoms with Crippen molar-refractivity contribution < 1.29 is 4.74 Å². The summed E-state index contributed by atoms with van der Waals surface area (Å²) in [5.41, 5.74) is 6.55. The van der Waals surface area contributed by atoms with Gasteiger partial charge in [0.1, 0.15) is 5.75 Å². The maximum Gasteiger partial charge on any atom is 0.220 e. The smallest absolute Gasteiger partial charge is 0.220 e. The van der Waals surface area contributed by atoms with E-state index in [9.17, 15) is 0 Å². The first-order valence-corrected chi connectivity index (χ1v) is 4.56. The van der Waals surface area contributed by atoms with Gasteiger partial charge in [-0.05, 0) is 19.1 Å². The predicted octanol–water partition coefficient (Wildman–Crippen LogP) is 2.16. The maximum atomic E-state index is 5.51. The third kappa shape index (κ3) is 2.43. The Balaban J connectivity index is 2.15. The van der Waals surface area contributed by atoms with Gasteiger partial charge in [-0.2, -0.15) is 0 Å². The second-order valence-electron chi connectivity index (χ2n) is 3.19. The lowest BCUT2D eigenvalue weighted by molar-refractivity contribution is 0.477. The van der Waals surface area contributed by atoms with Crippen LogP contribution in [0.25, 0.3) is 0 Å². The van der Waals surface area contributed by atoms with Gasteiger partial charge in [-0.1, -0.05) is 17.7 Å². The summed E-state index contributed by atoms with van der Waals surface area (Å²) >= 11 is 0. The summed E-state index contributed by atoms with van der Waals surface area (Å²) in [4.78, 5) is 7.67. The molecule has 0 saturated carbocycles. The number of aryl methyl sites for hydroxylation is 1. The molecule has 1 heterocycles. The zero-order valence-electron chi connectivity index (χ0n) is 8.34. The van der Waals surface area contributed by atoms with Crippen molar-refractivity contribution in [1.29, 1.82) is 0 Å². The third-order valence-corrected chi connectivity index (χ3v) is 1.90. The number of nitrogen functional groups attached to an aromatic ring is 1. The second kappa shape index (κ2) is 3.96. The molecule has 2 rings (SSSR count). The van der Waals surface area contributed by atoms with Crippen LogP contribution in [0.3, 0.4) is 0 Å². The molecule has 0 fully saturated rings. The van der Waals surface area contributed by atoms with Crippen LogP contribution in [-0.2, 0) is 0 Å². The topological polar surface area (TPSA) is 61.0 Å². The van der Waals surface area contributed by atoms with Crippen LogP contribution in [0.2, 0.25) is 0 Å². The lowest BCUT2D eigenvalue weighted by Gasteiger charge is -2.04. The van der Waals surface area contributed by atoms with Crippen molar-refractivity contribution in [2.45, 2.75) is 6.92 Å². The number of aromatic nitrogens is 2. The van der Waals surface area contributed by atoms with Crippen molar-refractivity contribution >= 4 is 5.95 Å². The van der Waals surface area contributed by atoms with E-state index >= 15 is 0 Å². The highest BCUT2D eigenvalue weighted by Crippen LogP contribution is 2.19. The number of ether oxygens (including phenoxy) is 1. The average Bonchev–Trinajstić information content (AvgIpc) is 2.25. The van der Waals surface area contributed by atoms with E-state index in [0.717, 1.165) is 5.75 Å². The fourth-order valence-corrected chi connectivity index (χ4v) is 1.12. The van der Waals surface area contributed by atoms with Gasteiger partial charge >= 0.3 is 0 Å². The van der Waals surface area contributed by atoms with E-state index in [1.165, 1.54) is 5.56 Å². The van der Waals surface area contributed by atoms with Gasteiger partial charge in [0.15, 0.2) is 5.75 Å². The van der Waals surface area contributed by atoms with Gasteiger partial charge in [-0.15, -0.1) is 0 Å². The van der Waals surface area contributed by atoms with E-state index in [1.807, 2.05) is 31.2 Å². The summed E-state index contributed by atoms with van der Waals surface area (Å²) in [5.74, 6) is 1.58. The van der Waals surface area contributed by atoms with Crippen LogP contribution in [0.15, 0.2) is 36.7 Å². The zero-order chi connectivity index (χ0) is 10.7. The third-order valence-electron chi connectivity index (χ3n) is 1.90. The summed E-state index contributed by atoms with van der Waals surface area (Å²) in [6, 6.07) is 7.75. The van der Waals surface area contributed by atoms with Crippen molar-refractivity contribution in [2.75, 3.05) is 5.73 Å². The Morgan fingerprint density at radius 3 is 2.20 bits per heavy atom. The molecule has 0 saturated heterocycles. The van der Waals surface area contributed by atoms with Crippen LogP contribution in [0.5, 0.6) is 11.5 Å². The maximum absolute atomic E-state index is 5.51. The minimum absolute atomic E-state index is 0.242. The molecule has 1 aromatic heterocycles. The summed E-state index contributed by atoms with van der Waals surface area (Å²) in [7, 11) is 0. The molecule has 0 aliphatic heterocycles. The molecule has 4 heteroatoms. The lowest BCUT2D eigenvalue weighted by atomic mass is 10.2. The van der Waals surface area contributed by atoms with Gasteiger partial charge in [0, 0.05) is 0 Å². The second-order valence-corrected chi connectivity index (χ2v) is 3.19. The van der Waals surface area contributed by atoms with Crippen molar-refractivity contribution in [3.63, 3.8) is 0 Å². The molecule has 0 atom stereocenters. The van der Waals surface area contributed by atoms with Gasteiger partial charge in [-0.25, -0.2) is 9.97 Å². The molecule has 1 aromatic carbocycles. The molecule has 0 amide bonds. The van der Waals surface area contributed by atoms with Crippen LogP contribution in [-0.4, -0.2) is 9.97 Å². The van der Waals surface area contributed by atoms with Crippen molar-refractivity contribution in [2.24, 2.45) is 0 Å². The van der Waals surface area contributed by atoms with E-state index in [-0.39, 0.29) is 5.95 Å². The lowest BCUT2D eigenvalue weighted by Crippen LogP contribution is -1.94. The SMILES string of the molecule is Cc1ccc(Oc2cnc(N)nc2)cc1. The summed E-state index contributed by atoms with van der Waals surface area (Å²) in [6.45, 7) is 2.02. The van der Waals surface area contributed by atoms with E-state index in [0.29, 0.717) is 5.75 Å². The van der Waals surface area contributed by atoms with Crippen molar-refractivity contribution in [3.8, 4) is 11.5 Å². The van der Waals surface area contributed by atoms with Gasteiger partial charge in [0.25, 0.3) is 0 Å². The molecule has 0 radical (unpaired) electrons. The molecule has 2 N–H and O–H groups in total. The Morgan fingerprint density at radius 1 is 1.00 bits per heavy atom. The largest absolute Gasteiger partial charge is 0.454 e. The molecule has 0 aliphatic rings. The van der Waals surface area contributed by atoms with Crippen LogP contribution < -0.4 is 10.5 Å². The number of hydrogen-bond donors (Lipinski definition) is 1. The molecule has 76 valence electrons. The Kier molecular flexibility index (Phi) is 2.49. The summed E-state index contributed by atoms with van der Waals surface area (Å²) in [6.07, 6.45) is 3.09. The fourth-order valence-electron chi connectivity index (χ4n) is 1.12. The van der Waals surface area contributed by atoms with Crippen LogP contribution in [0, 0.1) is 6.92 Å². The zero-order valence-corrected chi connectivity index (χ0v) is 8.34. The number of anilines is 1. The normalized spacial score (nSPS) is 9.93. The van der Waals surface area contributed by atoms with E-state index in [2.05, 4.69) is 9.97 Å². The highest BCUT2D eigenvalue weighted by molar-refractivity contribution is 5.31. The highest BCUT2D eigenvalue weighted by atomic mass is 16.5. The van der Waals surface area contributed by atoms with Crippen LogP contribution >= 0.6 is 0 Å². The Hall–Kier alpha value is -2.10. The first kappa shape index (κ1) is 9.45. The number of rotatable bonds is 2. The molecule has 0 aliphatic carbocycles. The Labute approximate surface area is 87.7 Å². The number of benzene rings is 1. The average molecular weight is 201 g/mol. The predicted molar refractivity (Wildman–Crippen MR) is 57.7 cm³/mol. The molecule has 0 unspecified atom stereocenters. The van der Waals surface area contributed by atoms with E-state index in [4.69, 9.17) is 10.5 Å². The van der Waals surface area contributed by atoms with Gasteiger partial charge < -0.3 is 10.5 Å². The Morgan fingerprint density at radius 2 is 1.60 bits per heavy atom. The molecule has 2 aromatic rings. The number of nitrogens with zero attached hydrogens (tertiary/aromatic N) is 2. The minimum Gasteiger partial charge on any atom is -0.454 e. The fraction of sp³-hybridized carbons (Fsp3) is 0.0909. The van der Waals surface area contributed by atoms with Gasteiger partial charge in [-0.3, -0.25) is 0 Å². The van der Waals surface area contributed by atoms with E-state index in [1.54, 1.807) is 12.4 Å². The van der Waals surface area contributed by atoms with Gasteiger partial charge in [0.2, 0.25) is 5.95 Å². The molecule has 0 bridgehead atoms. The first-order valence-electron chi connectivity index (χ1n) is 4.56. The summed E-state index contributed by atoms with van der Waals surface area (Å²) in [5, 5.41) is 0. The van der Waals surface area contributed by atoms with E-state index < -0.39 is 0 Å². The minimum atomic E-state index is 0.242. The summed E-state index contributed by atoms with van der Waals surface area (Å²) < 4.78 is 5.51. The van der Waals surface area contributed by atoms with Crippen molar-refractivity contribution in [1.82, 2.24) is 9.97 Å². The van der Waals surface area contributed by atoms with Gasteiger partial charge in [0.05, 0.1) is 12.4 Å². The molecular formula is C11H11N3O. The molecular weight excluding hydrogens is 190 g/mol. The quantitative estimate of drug-likeness (QED) is 0.808. The highest BCUT2D eigenvalue weighted by Gasteiger charge is 1.97. The first-order chi connectivity index (χ1) is 7.24. The number of hydrogen-bond acceptors (Lipinski definition) is 4.